The first kappa shape index (κ1) is 10.0. The van der Waals surface area contributed by atoms with Crippen LogP contribution < -0.4 is 0 Å². The van der Waals surface area contributed by atoms with Crippen LogP contribution in [0.5, 0.6) is 0 Å². The van der Waals surface area contributed by atoms with Gasteiger partial charge in [-0.15, -0.1) is 0 Å². The molecule has 2 aromatic heterocycles. The van der Waals surface area contributed by atoms with E-state index >= 15 is 0 Å². The Morgan fingerprint density at radius 1 is 1.41 bits per heavy atom. The molecule has 17 heavy (non-hydrogen) atoms. The van der Waals surface area contributed by atoms with Crippen LogP contribution in [0.1, 0.15) is 34.9 Å². The molecule has 0 saturated heterocycles. The second-order valence-corrected chi connectivity index (χ2v) is 4.14. The van der Waals surface area contributed by atoms with Crippen molar-refractivity contribution in [3.05, 3.63) is 42.0 Å². The van der Waals surface area contributed by atoms with Crippen LogP contribution in [0.15, 0.2) is 30.6 Å². The van der Waals surface area contributed by atoms with Crippen molar-refractivity contribution in [1.29, 1.82) is 0 Å². The summed E-state index contributed by atoms with van der Waals surface area (Å²) in [5, 5.41) is 13.5. The average molecular weight is 229 g/mol. The monoisotopic (exact) mass is 229 g/mol. The molecule has 1 N–H and O–H groups in total. The third-order valence-electron chi connectivity index (χ3n) is 2.84. The van der Waals surface area contributed by atoms with Crippen LogP contribution in [0, 0.1) is 0 Å². The smallest absolute Gasteiger partial charge is 0.356 e. The highest BCUT2D eigenvalue weighted by atomic mass is 16.4. The van der Waals surface area contributed by atoms with Gasteiger partial charge in [-0.3, -0.25) is 0 Å². The molecule has 1 aliphatic carbocycles. The van der Waals surface area contributed by atoms with Crippen LogP contribution >= 0.6 is 0 Å². The van der Waals surface area contributed by atoms with E-state index < -0.39 is 5.97 Å². The second-order valence-electron chi connectivity index (χ2n) is 4.14. The number of aromatic carboxylic acids is 1. The zero-order valence-electron chi connectivity index (χ0n) is 9.08. The molecule has 0 aromatic carbocycles. The molecule has 5 heteroatoms. The largest absolute Gasteiger partial charge is 0.476 e. The molecule has 0 radical (unpaired) electrons. The number of pyridine rings is 1. The summed E-state index contributed by atoms with van der Waals surface area (Å²) in [7, 11) is 0. The first-order valence-electron chi connectivity index (χ1n) is 5.50. The van der Waals surface area contributed by atoms with Gasteiger partial charge >= 0.3 is 5.97 Å². The average Bonchev–Trinajstić information content (AvgIpc) is 3.07. The number of carboxylic acid groups (broad SMARTS) is 1. The third kappa shape index (κ3) is 1.80. The molecule has 0 unspecified atom stereocenters. The number of aromatic nitrogens is 3. The van der Waals surface area contributed by atoms with Crippen LogP contribution in [0.25, 0.3) is 5.69 Å². The van der Waals surface area contributed by atoms with Gasteiger partial charge in [0.05, 0.1) is 11.4 Å². The van der Waals surface area contributed by atoms with Gasteiger partial charge in [-0.05, 0) is 31.0 Å². The Morgan fingerprint density at radius 2 is 2.24 bits per heavy atom. The van der Waals surface area contributed by atoms with Crippen molar-refractivity contribution in [1.82, 2.24) is 14.8 Å². The lowest BCUT2D eigenvalue weighted by Gasteiger charge is -2.04. The van der Waals surface area contributed by atoms with Crippen LogP contribution in [-0.4, -0.2) is 25.8 Å². The normalized spacial score (nSPS) is 14.8. The van der Waals surface area contributed by atoms with Crippen LogP contribution in [0.4, 0.5) is 0 Å². The lowest BCUT2D eigenvalue weighted by Crippen LogP contribution is -2.08. The van der Waals surface area contributed by atoms with E-state index in [9.17, 15) is 4.79 Å². The fourth-order valence-electron chi connectivity index (χ4n) is 1.82. The Hall–Kier alpha value is -2.17. The summed E-state index contributed by atoms with van der Waals surface area (Å²) in [6.45, 7) is 0. The van der Waals surface area contributed by atoms with Crippen molar-refractivity contribution in [3.8, 4) is 5.69 Å². The highest BCUT2D eigenvalue weighted by molar-refractivity contribution is 5.89. The zero-order valence-corrected chi connectivity index (χ0v) is 9.08. The Morgan fingerprint density at radius 3 is 2.94 bits per heavy atom. The van der Waals surface area contributed by atoms with Crippen molar-refractivity contribution >= 4 is 5.97 Å². The first-order chi connectivity index (χ1) is 8.25. The number of hydrogen-bond acceptors (Lipinski definition) is 3. The van der Waals surface area contributed by atoms with Crippen LogP contribution in [0.3, 0.4) is 0 Å². The van der Waals surface area contributed by atoms with Crippen molar-refractivity contribution in [3.63, 3.8) is 0 Å². The molecule has 1 saturated carbocycles. The molecule has 0 atom stereocenters. The lowest BCUT2D eigenvalue weighted by atomic mass is 10.3. The van der Waals surface area contributed by atoms with Gasteiger partial charge in [0.2, 0.25) is 0 Å². The molecule has 86 valence electrons. The topological polar surface area (TPSA) is 68.0 Å². The number of hydrogen-bond donors (Lipinski definition) is 1. The van der Waals surface area contributed by atoms with Gasteiger partial charge in [-0.1, -0.05) is 0 Å². The van der Waals surface area contributed by atoms with Gasteiger partial charge < -0.3 is 5.11 Å². The van der Waals surface area contributed by atoms with E-state index in [1.54, 1.807) is 23.0 Å². The molecule has 1 aliphatic rings. The summed E-state index contributed by atoms with van der Waals surface area (Å²) in [5.74, 6) is -0.481. The Kier molecular flexibility index (Phi) is 2.18. The predicted molar refractivity (Wildman–Crippen MR) is 60.3 cm³/mol. The van der Waals surface area contributed by atoms with Gasteiger partial charge in [0.25, 0.3) is 0 Å². The van der Waals surface area contributed by atoms with Gasteiger partial charge in [0.15, 0.2) is 5.69 Å². The molecule has 2 heterocycles. The number of nitrogens with zero attached hydrogens (tertiary/aromatic N) is 3. The second kappa shape index (κ2) is 3.69. The molecule has 3 rings (SSSR count). The summed E-state index contributed by atoms with van der Waals surface area (Å²) < 4.78 is 1.59. The number of rotatable bonds is 3. The molecule has 0 spiro atoms. The number of carbonyl (C=O) groups is 1. The maximum absolute atomic E-state index is 11.0. The highest BCUT2D eigenvalue weighted by Gasteiger charge is 2.26. The van der Waals surface area contributed by atoms with Gasteiger partial charge in [0, 0.05) is 18.3 Å². The first-order valence-corrected chi connectivity index (χ1v) is 5.50. The molecule has 5 nitrogen and oxygen atoms in total. The van der Waals surface area contributed by atoms with E-state index in [1.807, 2.05) is 6.07 Å². The van der Waals surface area contributed by atoms with Gasteiger partial charge in [-0.2, -0.15) is 5.10 Å². The Bertz CT molecular complexity index is 573. The molecular formula is C12H11N3O2. The van der Waals surface area contributed by atoms with E-state index in [2.05, 4.69) is 10.1 Å². The summed E-state index contributed by atoms with van der Waals surface area (Å²) in [4.78, 5) is 14.9. The fourth-order valence-corrected chi connectivity index (χ4v) is 1.82. The summed E-state index contributed by atoms with van der Waals surface area (Å²) >= 11 is 0. The maximum atomic E-state index is 11.0. The standard InChI is InChI=1S/C12H11N3O2/c16-12(17)11-10(2-1-6-13-11)15-7-5-9(14-15)8-3-4-8/h1-2,5-8H,3-4H2,(H,16,17). The summed E-state index contributed by atoms with van der Waals surface area (Å²) in [6.07, 6.45) is 5.61. The molecule has 0 bridgehead atoms. The van der Waals surface area contributed by atoms with Crippen LogP contribution in [-0.2, 0) is 0 Å². The summed E-state index contributed by atoms with van der Waals surface area (Å²) in [5.41, 5.74) is 1.56. The Balaban J connectivity index is 2.04. The van der Waals surface area contributed by atoms with Gasteiger partial charge in [0.1, 0.15) is 0 Å². The molecule has 0 aliphatic heterocycles. The molecule has 0 amide bonds. The van der Waals surface area contributed by atoms with Crippen molar-refractivity contribution < 1.29 is 9.90 Å². The van der Waals surface area contributed by atoms with Crippen molar-refractivity contribution in [2.24, 2.45) is 0 Å². The molecule has 2 aromatic rings. The third-order valence-corrected chi connectivity index (χ3v) is 2.84. The van der Waals surface area contributed by atoms with E-state index in [-0.39, 0.29) is 5.69 Å². The highest BCUT2D eigenvalue weighted by Crippen LogP contribution is 2.39. The SMILES string of the molecule is O=C(O)c1ncccc1-n1ccc(C2CC2)n1. The van der Waals surface area contributed by atoms with E-state index in [4.69, 9.17) is 5.11 Å². The van der Waals surface area contributed by atoms with E-state index in [1.165, 1.54) is 19.0 Å². The molecular weight excluding hydrogens is 218 g/mol. The summed E-state index contributed by atoms with van der Waals surface area (Å²) in [6, 6.07) is 5.36. The minimum absolute atomic E-state index is 0.0259. The van der Waals surface area contributed by atoms with E-state index in [0.29, 0.717) is 11.6 Å². The van der Waals surface area contributed by atoms with E-state index in [0.717, 1.165) is 5.69 Å². The van der Waals surface area contributed by atoms with Crippen molar-refractivity contribution in [2.45, 2.75) is 18.8 Å². The predicted octanol–water partition coefficient (Wildman–Crippen LogP) is 1.84. The quantitative estimate of drug-likeness (QED) is 0.872. The zero-order chi connectivity index (χ0) is 11.8. The van der Waals surface area contributed by atoms with Crippen LogP contribution in [0.2, 0.25) is 0 Å². The number of carboxylic acids is 1. The fraction of sp³-hybridized carbons (Fsp3) is 0.250. The lowest BCUT2D eigenvalue weighted by molar-refractivity contribution is 0.0690. The minimum atomic E-state index is -1.04. The van der Waals surface area contributed by atoms with Gasteiger partial charge in [-0.25, -0.2) is 14.5 Å². The molecule has 1 fully saturated rings. The maximum Gasteiger partial charge on any atom is 0.356 e. The minimum Gasteiger partial charge on any atom is -0.476 e. The Labute approximate surface area is 97.7 Å². The van der Waals surface area contributed by atoms with Crippen molar-refractivity contribution in [2.75, 3.05) is 0 Å².